The fourth-order valence-electron chi connectivity index (χ4n) is 1.34. The topological polar surface area (TPSA) is 49.2 Å². The van der Waals surface area contributed by atoms with Crippen LogP contribution in [-0.2, 0) is 6.61 Å². The first kappa shape index (κ1) is 11.9. The van der Waals surface area contributed by atoms with Crippen LogP contribution in [0, 0.1) is 0 Å². The first-order valence-electron chi connectivity index (χ1n) is 5.40. The molecule has 84 valence electrons. The number of aliphatic hydroxyl groups is 1. The smallest absolute Gasteiger partial charge is 0.146 e. The van der Waals surface area contributed by atoms with Gasteiger partial charge in [0.05, 0.1) is 24.7 Å². The molecule has 0 fully saturated rings. The van der Waals surface area contributed by atoms with Gasteiger partial charge >= 0.3 is 0 Å². The number of hydrogen-bond donors (Lipinski definition) is 1. The quantitative estimate of drug-likeness (QED) is 0.723. The maximum atomic E-state index is 8.82. The maximum absolute atomic E-state index is 8.82. The van der Waals surface area contributed by atoms with E-state index < -0.39 is 0 Å². The second-order valence-corrected chi connectivity index (χ2v) is 3.65. The van der Waals surface area contributed by atoms with Crippen molar-refractivity contribution in [3.63, 3.8) is 0 Å². The Morgan fingerprint density at radius 3 is 2.60 bits per heavy atom. The molecule has 0 bridgehead atoms. The van der Waals surface area contributed by atoms with Crippen LogP contribution in [0.25, 0.3) is 0 Å². The first-order valence-corrected chi connectivity index (χ1v) is 5.40. The minimum Gasteiger partial charge on any atom is -0.390 e. The minimum absolute atomic E-state index is 0.0488. The fraction of sp³-hybridized carbons (Fsp3) is 0.636. The number of hydrogen-bond acceptors (Lipinski definition) is 4. The van der Waals surface area contributed by atoms with Crippen LogP contribution in [0.1, 0.15) is 31.9 Å². The van der Waals surface area contributed by atoms with Crippen molar-refractivity contribution < 1.29 is 5.11 Å². The third-order valence-electron chi connectivity index (χ3n) is 2.34. The van der Waals surface area contributed by atoms with Crippen LogP contribution in [0.3, 0.4) is 0 Å². The van der Waals surface area contributed by atoms with Crippen molar-refractivity contribution in [2.45, 2.75) is 32.8 Å². The van der Waals surface area contributed by atoms with Gasteiger partial charge in [-0.1, -0.05) is 19.8 Å². The molecule has 0 spiro atoms. The van der Waals surface area contributed by atoms with Crippen molar-refractivity contribution in [3.8, 4) is 0 Å². The predicted molar refractivity (Wildman–Crippen MR) is 60.7 cm³/mol. The maximum Gasteiger partial charge on any atom is 0.146 e. The van der Waals surface area contributed by atoms with Crippen LogP contribution in [0.2, 0.25) is 0 Å². The third kappa shape index (κ3) is 3.83. The minimum atomic E-state index is -0.0488. The lowest BCUT2D eigenvalue weighted by atomic mass is 10.2. The molecule has 1 aromatic heterocycles. The van der Waals surface area contributed by atoms with Gasteiger partial charge in [-0.25, -0.2) is 4.98 Å². The van der Waals surface area contributed by atoms with Gasteiger partial charge in [0.15, 0.2) is 0 Å². The molecule has 0 aliphatic rings. The summed E-state index contributed by atoms with van der Waals surface area (Å²) in [5, 5.41) is 8.82. The van der Waals surface area contributed by atoms with Crippen molar-refractivity contribution in [3.05, 3.63) is 18.1 Å². The number of rotatable bonds is 6. The molecule has 1 rings (SSSR count). The molecule has 0 saturated heterocycles. The second-order valence-electron chi connectivity index (χ2n) is 3.65. The average molecular weight is 209 g/mol. The Morgan fingerprint density at radius 2 is 2.07 bits per heavy atom. The van der Waals surface area contributed by atoms with E-state index >= 15 is 0 Å². The molecule has 0 amide bonds. The molecule has 1 aromatic rings. The van der Waals surface area contributed by atoms with E-state index in [1.807, 2.05) is 7.05 Å². The number of aromatic nitrogens is 2. The molecule has 0 aliphatic carbocycles. The highest BCUT2D eigenvalue weighted by molar-refractivity contribution is 5.34. The lowest BCUT2D eigenvalue weighted by Gasteiger charge is -2.17. The van der Waals surface area contributed by atoms with E-state index in [9.17, 15) is 0 Å². The zero-order valence-electron chi connectivity index (χ0n) is 9.48. The molecule has 15 heavy (non-hydrogen) atoms. The number of nitrogens with zero attached hydrogens (tertiary/aromatic N) is 3. The van der Waals surface area contributed by atoms with Gasteiger partial charge in [0, 0.05) is 13.6 Å². The van der Waals surface area contributed by atoms with E-state index in [0.29, 0.717) is 5.69 Å². The summed E-state index contributed by atoms with van der Waals surface area (Å²) < 4.78 is 0. The zero-order valence-corrected chi connectivity index (χ0v) is 9.48. The Morgan fingerprint density at radius 1 is 1.27 bits per heavy atom. The van der Waals surface area contributed by atoms with Crippen LogP contribution in [-0.4, -0.2) is 28.7 Å². The lowest BCUT2D eigenvalue weighted by molar-refractivity contribution is 0.276. The molecular weight excluding hydrogens is 190 g/mol. The van der Waals surface area contributed by atoms with Gasteiger partial charge in [-0.3, -0.25) is 4.98 Å². The summed E-state index contributed by atoms with van der Waals surface area (Å²) in [7, 11) is 2.01. The molecular formula is C11H19N3O. The lowest BCUT2D eigenvalue weighted by Crippen LogP contribution is -2.19. The number of aliphatic hydroxyl groups excluding tert-OH is 1. The Hall–Kier alpha value is -1.16. The highest BCUT2D eigenvalue weighted by atomic mass is 16.3. The van der Waals surface area contributed by atoms with Crippen LogP contribution >= 0.6 is 0 Å². The Kier molecular flexibility index (Phi) is 5.04. The van der Waals surface area contributed by atoms with Gasteiger partial charge in [-0.15, -0.1) is 0 Å². The van der Waals surface area contributed by atoms with Gasteiger partial charge in [0.2, 0.25) is 0 Å². The predicted octanol–water partition coefficient (Wildman–Crippen LogP) is 1.60. The molecule has 4 nitrogen and oxygen atoms in total. The standard InChI is InChI=1S/C11H19N3O/c1-3-4-5-6-14(2)11-8-12-10(9-15)7-13-11/h7-8,15H,3-6,9H2,1-2H3. The van der Waals surface area contributed by atoms with Crippen molar-refractivity contribution in [2.24, 2.45) is 0 Å². The van der Waals surface area contributed by atoms with Gasteiger partial charge in [0.25, 0.3) is 0 Å². The summed E-state index contributed by atoms with van der Waals surface area (Å²) >= 11 is 0. The van der Waals surface area contributed by atoms with E-state index in [0.717, 1.165) is 12.4 Å². The Bertz CT molecular complexity index is 274. The summed E-state index contributed by atoms with van der Waals surface area (Å²) in [6, 6.07) is 0. The molecule has 0 atom stereocenters. The van der Waals surface area contributed by atoms with Crippen LogP contribution < -0.4 is 4.90 Å². The van der Waals surface area contributed by atoms with Crippen molar-refractivity contribution in [1.82, 2.24) is 9.97 Å². The SMILES string of the molecule is CCCCCN(C)c1cnc(CO)cn1. The molecule has 4 heteroatoms. The molecule has 1 heterocycles. The van der Waals surface area contributed by atoms with Gasteiger partial charge < -0.3 is 10.0 Å². The number of anilines is 1. The largest absolute Gasteiger partial charge is 0.390 e. The van der Waals surface area contributed by atoms with Crippen molar-refractivity contribution >= 4 is 5.82 Å². The molecule has 1 N–H and O–H groups in total. The van der Waals surface area contributed by atoms with E-state index in [2.05, 4.69) is 21.8 Å². The van der Waals surface area contributed by atoms with Crippen LogP contribution in [0.4, 0.5) is 5.82 Å². The van der Waals surface area contributed by atoms with Crippen molar-refractivity contribution in [2.75, 3.05) is 18.5 Å². The van der Waals surface area contributed by atoms with Gasteiger partial charge in [-0.05, 0) is 6.42 Å². The van der Waals surface area contributed by atoms with Gasteiger partial charge in [0.1, 0.15) is 5.82 Å². The normalized spacial score (nSPS) is 10.3. The number of unbranched alkanes of at least 4 members (excludes halogenated alkanes) is 2. The van der Waals surface area contributed by atoms with Crippen molar-refractivity contribution in [1.29, 1.82) is 0 Å². The fourth-order valence-corrected chi connectivity index (χ4v) is 1.34. The highest BCUT2D eigenvalue weighted by Gasteiger charge is 2.02. The monoisotopic (exact) mass is 209 g/mol. The van der Waals surface area contributed by atoms with E-state index in [-0.39, 0.29) is 6.61 Å². The van der Waals surface area contributed by atoms with E-state index in [4.69, 9.17) is 5.11 Å². The zero-order chi connectivity index (χ0) is 11.1. The van der Waals surface area contributed by atoms with Crippen LogP contribution in [0.5, 0.6) is 0 Å². The van der Waals surface area contributed by atoms with Gasteiger partial charge in [-0.2, -0.15) is 0 Å². The highest BCUT2D eigenvalue weighted by Crippen LogP contribution is 2.08. The summed E-state index contributed by atoms with van der Waals surface area (Å²) in [6.07, 6.45) is 6.97. The van der Waals surface area contributed by atoms with E-state index in [1.165, 1.54) is 19.3 Å². The molecule has 0 radical (unpaired) electrons. The third-order valence-corrected chi connectivity index (χ3v) is 2.34. The van der Waals surface area contributed by atoms with E-state index in [1.54, 1.807) is 12.4 Å². The molecule has 0 aliphatic heterocycles. The average Bonchev–Trinajstić information content (AvgIpc) is 2.29. The van der Waals surface area contributed by atoms with Crippen LogP contribution in [0.15, 0.2) is 12.4 Å². The molecule has 0 unspecified atom stereocenters. The molecule has 0 saturated carbocycles. The summed E-state index contributed by atoms with van der Waals surface area (Å²) in [4.78, 5) is 10.4. The summed E-state index contributed by atoms with van der Waals surface area (Å²) in [6.45, 7) is 3.14. The Labute approximate surface area is 91.0 Å². The Balaban J connectivity index is 2.46. The first-order chi connectivity index (χ1) is 7.27. The summed E-state index contributed by atoms with van der Waals surface area (Å²) in [5.74, 6) is 0.864. The molecule has 0 aromatic carbocycles. The summed E-state index contributed by atoms with van der Waals surface area (Å²) in [5.41, 5.74) is 0.612. The second kappa shape index (κ2) is 6.35.